The molecule has 1 aromatic carbocycles. The summed E-state index contributed by atoms with van der Waals surface area (Å²) in [4.78, 5) is 22.1. The van der Waals surface area contributed by atoms with Gasteiger partial charge in [-0.3, -0.25) is 4.79 Å². The Morgan fingerprint density at radius 3 is 2.29 bits per heavy atom. The van der Waals surface area contributed by atoms with Crippen LogP contribution in [0.4, 0.5) is 23.7 Å². The van der Waals surface area contributed by atoms with Crippen LogP contribution in [0.3, 0.4) is 0 Å². The fourth-order valence-electron chi connectivity index (χ4n) is 1.65. The summed E-state index contributed by atoms with van der Waals surface area (Å²) in [5.41, 5.74) is -0.241. The number of nitrogens with one attached hydrogen (secondary N) is 2. The van der Waals surface area contributed by atoms with E-state index in [1.165, 1.54) is 0 Å². The van der Waals surface area contributed by atoms with Crippen molar-refractivity contribution < 1.29 is 27.9 Å². The average Bonchev–Trinajstić information content (AvgIpc) is 2.40. The number of amides is 2. The number of anilines is 1. The minimum absolute atomic E-state index is 0.0980. The summed E-state index contributed by atoms with van der Waals surface area (Å²) in [6.45, 7) is 1.87. The fraction of sp³-hybridized carbons (Fsp3) is 0.385. The zero-order chi connectivity index (χ0) is 16.0. The van der Waals surface area contributed by atoms with E-state index >= 15 is 0 Å². The van der Waals surface area contributed by atoms with E-state index in [0.717, 1.165) is 0 Å². The van der Waals surface area contributed by atoms with E-state index in [4.69, 9.17) is 5.11 Å². The van der Waals surface area contributed by atoms with E-state index in [9.17, 15) is 22.8 Å². The number of benzene rings is 1. The standard InChI is InChI=1S/C13H15F3N2O3/c1-2-7(3-11(19)20)6-17-13(21)18-8-4-9(14)12(16)10(15)5-8/h4-5,7H,2-3,6H2,1H3,(H,19,20)(H2,17,18,21). The highest BCUT2D eigenvalue weighted by atomic mass is 19.2. The van der Waals surface area contributed by atoms with Gasteiger partial charge in [0.05, 0.1) is 0 Å². The highest BCUT2D eigenvalue weighted by molar-refractivity contribution is 5.89. The van der Waals surface area contributed by atoms with E-state index in [1.807, 2.05) is 0 Å². The van der Waals surface area contributed by atoms with Crippen molar-refractivity contribution in [3.05, 3.63) is 29.6 Å². The number of aliphatic carboxylic acids is 1. The molecule has 0 spiro atoms. The number of rotatable bonds is 6. The molecule has 0 aliphatic carbocycles. The second-order valence-electron chi connectivity index (χ2n) is 4.46. The van der Waals surface area contributed by atoms with Crippen LogP contribution in [-0.2, 0) is 4.79 Å². The molecule has 1 atom stereocenters. The molecule has 116 valence electrons. The van der Waals surface area contributed by atoms with E-state index in [-0.39, 0.29) is 24.6 Å². The third-order valence-electron chi connectivity index (χ3n) is 2.83. The molecule has 0 fully saturated rings. The molecule has 0 radical (unpaired) electrons. The van der Waals surface area contributed by atoms with Gasteiger partial charge in [-0.05, 0) is 5.92 Å². The number of carbonyl (C=O) groups excluding carboxylic acids is 1. The molecular weight excluding hydrogens is 289 g/mol. The molecule has 1 rings (SSSR count). The van der Waals surface area contributed by atoms with Crippen LogP contribution in [0.25, 0.3) is 0 Å². The quantitative estimate of drug-likeness (QED) is 0.707. The first-order chi connectivity index (χ1) is 9.83. The van der Waals surface area contributed by atoms with Crippen LogP contribution < -0.4 is 10.6 Å². The number of carbonyl (C=O) groups is 2. The lowest BCUT2D eigenvalue weighted by Gasteiger charge is -2.14. The third kappa shape index (κ3) is 5.33. The lowest BCUT2D eigenvalue weighted by atomic mass is 10.0. The van der Waals surface area contributed by atoms with Crippen LogP contribution in [0.1, 0.15) is 19.8 Å². The zero-order valence-electron chi connectivity index (χ0n) is 11.3. The van der Waals surface area contributed by atoms with Gasteiger partial charge in [-0.15, -0.1) is 0 Å². The van der Waals surface area contributed by atoms with Crippen LogP contribution in [0.5, 0.6) is 0 Å². The maximum Gasteiger partial charge on any atom is 0.319 e. The van der Waals surface area contributed by atoms with Crippen LogP contribution in [0, 0.1) is 23.4 Å². The predicted molar refractivity (Wildman–Crippen MR) is 69.4 cm³/mol. The van der Waals surface area contributed by atoms with Crippen LogP contribution in [0.15, 0.2) is 12.1 Å². The van der Waals surface area contributed by atoms with Crippen molar-refractivity contribution in [3.8, 4) is 0 Å². The lowest BCUT2D eigenvalue weighted by molar-refractivity contribution is -0.138. The van der Waals surface area contributed by atoms with Gasteiger partial charge in [0.25, 0.3) is 0 Å². The maximum atomic E-state index is 13.0. The van der Waals surface area contributed by atoms with Gasteiger partial charge >= 0.3 is 12.0 Å². The highest BCUT2D eigenvalue weighted by Crippen LogP contribution is 2.17. The second kappa shape index (κ2) is 7.51. The average molecular weight is 304 g/mol. The summed E-state index contributed by atoms with van der Waals surface area (Å²) in [5.74, 6) is -5.68. The molecule has 1 aromatic rings. The molecule has 0 heterocycles. The summed E-state index contributed by atoms with van der Waals surface area (Å²) in [7, 11) is 0. The molecular formula is C13H15F3N2O3. The monoisotopic (exact) mass is 304 g/mol. The van der Waals surface area contributed by atoms with E-state index in [2.05, 4.69) is 10.6 Å². The molecule has 0 aromatic heterocycles. The van der Waals surface area contributed by atoms with Crippen molar-refractivity contribution in [1.29, 1.82) is 0 Å². The van der Waals surface area contributed by atoms with Crippen LogP contribution in [0.2, 0.25) is 0 Å². The smallest absolute Gasteiger partial charge is 0.319 e. The van der Waals surface area contributed by atoms with Gasteiger partial charge in [-0.2, -0.15) is 0 Å². The fourth-order valence-corrected chi connectivity index (χ4v) is 1.65. The first kappa shape index (κ1) is 16.8. The Bertz CT molecular complexity index is 514. The number of carboxylic acid groups (broad SMARTS) is 1. The molecule has 5 nitrogen and oxygen atoms in total. The molecule has 3 N–H and O–H groups in total. The van der Waals surface area contributed by atoms with Crippen molar-refractivity contribution in [3.63, 3.8) is 0 Å². The predicted octanol–water partition coefficient (Wildman–Crippen LogP) is 2.73. The van der Waals surface area contributed by atoms with E-state index < -0.39 is 29.5 Å². The number of halogens is 3. The second-order valence-corrected chi connectivity index (χ2v) is 4.46. The Morgan fingerprint density at radius 1 is 1.24 bits per heavy atom. The largest absolute Gasteiger partial charge is 0.481 e. The first-order valence-corrected chi connectivity index (χ1v) is 6.24. The minimum Gasteiger partial charge on any atom is -0.481 e. The molecule has 8 heteroatoms. The SMILES string of the molecule is CCC(CNC(=O)Nc1cc(F)c(F)c(F)c1)CC(=O)O. The van der Waals surface area contributed by atoms with Gasteiger partial charge in [0.1, 0.15) is 0 Å². The zero-order valence-corrected chi connectivity index (χ0v) is 11.3. The van der Waals surface area contributed by atoms with Crippen molar-refractivity contribution in [2.75, 3.05) is 11.9 Å². The molecule has 0 saturated heterocycles. The Morgan fingerprint density at radius 2 is 1.81 bits per heavy atom. The maximum absolute atomic E-state index is 13.0. The minimum atomic E-state index is -1.62. The summed E-state index contributed by atoms with van der Waals surface area (Å²) < 4.78 is 38.6. The molecule has 1 unspecified atom stereocenters. The Hall–Kier alpha value is -2.25. The number of carboxylic acids is 1. The Balaban J connectivity index is 2.56. The lowest BCUT2D eigenvalue weighted by Crippen LogP contribution is -2.33. The van der Waals surface area contributed by atoms with Crippen LogP contribution >= 0.6 is 0 Å². The molecule has 0 aliphatic heterocycles. The third-order valence-corrected chi connectivity index (χ3v) is 2.83. The summed E-state index contributed by atoms with van der Waals surface area (Å²) in [6.07, 6.45) is 0.447. The van der Waals surface area contributed by atoms with Crippen LogP contribution in [-0.4, -0.2) is 23.7 Å². The molecule has 21 heavy (non-hydrogen) atoms. The van der Waals surface area contributed by atoms with Crippen molar-refractivity contribution in [2.24, 2.45) is 5.92 Å². The van der Waals surface area contributed by atoms with E-state index in [0.29, 0.717) is 18.6 Å². The molecule has 0 bridgehead atoms. The van der Waals surface area contributed by atoms with Crippen molar-refractivity contribution in [1.82, 2.24) is 5.32 Å². The molecule has 0 saturated carbocycles. The topological polar surface area (TPSA) is 78.4 Å². The number of hydrogen-bond donors (Lipinski definition) is 3. The van der Waals surface area contributed by atoms with Gasteiger partial charge in [-0.1, -0.05) is 13.3 Å². The van der Waals surface area contributed by atoms with Crippen molar-refractivity contribution in [2.45, 2.75) is 19.8 Å². The highest BCUT2D eigenvalue weighted by Gasteiger charge is 2.14. The molecule has 2 amide bonds. The Kier molecular flexibility index (Phi) is 6.01. The van der Waals surface area contributed by atoms with Gasteiger partial charge in [-0.25, -0.2) is 18.0 Å². The van der Waals surface area contributed by atoms with Gasteiger partial charge in [0.2, 0.25) is 0 Å². The summed E-state index contributed by atoms with van der Waals surface area (Å²) in [5, 5.41) is 13.2. The van der Waals surface area contributed by atoms with Gasteiger partial charge < -0.3 is 15.7 Å². The summed E-state index contributed by atoms with van der Waals surface area (Å²) >= 11 is 0. The number of urea groups is 1. The van der Waals surface area contributed by atoms with Gasteiger partial charge in [0, 0.05) is 30.8 Å². The van der Waals surface area contributed by atoms with E-state index in [1.54, 1.807) is 6.92 Å². The van der Waals surface area contributed by atoms with Gasteiger partial charge in [0.15, 0.2) is 17.5 Å². The Labute approximate surface area is 119 Å². The molecule has 0 aliphatic rings. The normalized spacial score (nSPS) is 11.8. The summed E-state index contributed by atoms with van der Waals surface area (Å²) in [6, 6.07) is 0.531. The number of hydrogen-bond acceptors (Lipinski definition) is 2. The van der Waals surface area contributed by atoms with Crippen molar-refractivity contribution >= 4 is 17.7 Å². The first-order valence-electron chi connectivity index (χ1n) is 6.24.